The number of rotatable bonds is 2. The van der Waals surface area contributed by atoms with Crippen LogP contribution in [0.2, 0.25) is 0 Å². The molecule has 0 saturated carbocycles. The summed E-state index contributed by atoms with van der Waals surface area (Å²) in [6, 6.07) is 0. The van der Waals surface area contributed by atoms with Crippen LogP contribution in [0.25, 0.3) is 0 Å². The summed E-state index contributed by atoms with van der Waals surface area (Å²) in [6.07, 6.45) is 0. The van der Waals surface area contributed by atoms with Crippen LogP contribution in [0.15, 0.2) is 0 Å². The van der Waals surface area contributed by atoms with E-state index in [-0.39, 0.29) is 21.1 Å². The fourth-order valence-corrected chi connectivity index (χ4v) is 0.204. The van der Waals surface area contributed by atoms with E-state index in [9.17, 15) is 0 Å². The van der Waals surface area contributed by atoms with E-state index < -0.39 is 0 Å². The molecule has 0 fully saturated rings. The van der Waals surface area contributed by atoms with Gasteiger partial charge in [-0.2, -0.15) is 0 Å². The second kappa shape index (κ2) is 9.17. The zero-order chi connectivity index (χ0) is 4.12. The molecule has 2 heteroatoms. The van der Waals surface area contributed by atoms with Crippen molar-refractivity contribution in [3.8, 4) is 0 Å². The first-order valence-electron chi connectivity index (χ1n) is 1.99. The summed E-state index contributed by atoms with van der Waals surface area (Å²) < 4.78 is 4.83. The fraction of sp³-hybridized carbons (Fsp3) is 1.00. The topological polar surface area (TPSA) is 9.23 Å². The first-order valence-corrected chi connectivity index (χ1v) is 1.99. The monoisotopic (exact) mass is 258 g/mol. The first kappa shape index (κ1) is 9.82. The third-order valence-corrected chi connectivity index (χ3v) is 0.408. The molecule has 0 aromatic carbocycles. The minimum atomic E-state index is 0. The van der Waals surface area contributed by atoms with Gasteiger partial charge in [-0.3, -0.25) is 0 Å². The van der Waals surface area contributed by atoms with Crippen molar-refractivity contribution < 1.29 is 25.8 Å². The van der Waals surface area contributed by atoms with Gasteiger partial charge >= 0.3 is 0 Å². The van der Waals surface area contributed by atoms with E-state index in [1.54, 1.807) is 0 Å². The van der Waals surface area contributed by atoms with Crippen molar-refractivity contribution in [3.05, 3.63) is 0 Å². The number of hydrogen-bond donors (Lipinski definition) is 0. The zero-order valence-corrected chi connectivity index (χ0v) is 7.16. The fourth-order valence-electron chi connectivity index (χ4n) is 0.204. The molecule has 0 aromatic heterocycles. The molecule has 0 aliphatic heterocycles. The van der Waals surface area contributed by atoms with Crippen LogP contribution in [0.1, 0.15) is 13.8 Å². The molecule has 6 heavy (non-hydrogen) atoms. The van der Waals surface area contributed by atoms with Crippen LogP contribution in [0.5, 0.6) is 0 Å². The van der Waals surface area contributed by atoms with Gasteiger partial charge in [0.2, 0.25) is 0 Å². The Balaban J connectivity index is 0. The molecule has 0 N–H and O–H groups in total. The van der Waals surface area contributed by atoms with Gasteiger partial charge in [0.1, 0.15) is 0 Å². The molecule has 1 nitrogen and oxygen atoms in total. The maximum absolute atomic E-state index is 4.83. The molecule has 0 rings (SSSR count). The van der Waals surface area contributed by atoms with Gasteiger partial charge in [0.25, 0.3) is 0 Å². The van der Waals surface area contributed by atoms with Crippen LogP contribution in [0.4, 0.5) is 0 Å². The largest absolute Gasteiger partial charge is 0.382 e. The van der Waals surface area contributed by atoms with Crippen LogP contribution in [0, 0.1) is 0 Å². The maximum atomic E-state index is 4.83. The van der Waals surface area contributed by atoms with Crippen LogP contribution in [-0.4, -0.2) is 13.2 Å². The van der Waals surface area contributed by atoms with E-state index in [0.29, 0.717) is 0 Å². The van der Waals surface area contributed by atoms with Crippen LogP contribution in [-0.2, 0) is 25.8 Å². The molecule has 0 unspecified atom stereocenters. The van der Waals surface area contributed by atoms with Crippen molar-refractivity contribution in [2.45, 2.75) is 13.8 Å². The molecular weight excluding hydrogens is 248 g/mol. The van der Waals surface area contributed by atoms with Gasteiger partial charge in [0.15, 0.2) is 0 Å². The standard InChI is InChI=1S/C4H10O.W/c1-3-5-4-2;/h3-4H2,1-2H3;. The number of ether oxygens (including phenoxy) is 1. The van der Waals surface area contributed by atoms with Gasteiger partial charge in [-0.25, -0.2) is 0 Å². The Hall–Kier alpha value is 0.648. The summed E-state index contributed by atoms with van der Waals surface area (Å²) in [5.74, 6) is 0. The van der Waals surface area contributed by atoms with Crippen LogP contribution < -0.4 is 0 Å². The van der Waals surface area contributed by atoms with Crippen LogP contribution >= 0.6 is 0 Å². The minimum absolute atomic E-state index is 0. The molecule has 0 spiro atoms. The Morgan fingerprint density at radius 1 is 1.17 bits per heavy atom. The van der Waals surface area contributed by atoms with E-state index in [4.69, 9.17) is 4.74 Å². The van der Waals surface area contributed by atoms with Crippen LogP contribution in [0.3, 0.4) is 0 Å². The van der Waals surface area contributed by atoms with E-state index in [2.05, 4.69) is 0 Å². The van der Waals surface area contributed by atoms with Crippen molar-refractivity contribution in [1.29, 1.82) is 0 Å². The van der Waals surface area contributed by atoms with E-state index in [1.165, 1.54) is 0 Å². The predicted octanol–water partition coefficient (Wildman–Crippen LogP) is 1.04. The number of hydrogen-bond acceptors (Lipinski definition) is 1. The normalized spacial score (nSPS) is 7.00. The molecule has 0 radical (unpaired) electrons. The Bertz CT molecular complexity index is 15.0. The van der Waals surface area contributed by atoms with E-state index in [0.717, 1.165) is 13.2 Å². The molecule has 0 atom stereocenters. The zero-order valence-electron chi connectivity index (χ0n) is 4.23. The van der Waals surface area contributed by atoms with Gasteiger partial charge < -0.3 is 4.74 Å². The molecule has 0 aliphatic rings. The van der Waals surface area contributed by atoms with Gasteiger partial charge in [0, 0.05) is 34.3 Å². The Morgan fingerprint density at radius 3 is 1.50 bits per heavy atom. The summed E-state index contributed by atoms with van der Waals surface area (Å²) >= 11 is 0. The van der Waals surface area contributed by atoms with E-state index in [1.807, 2.05) is 13.8 Å². The Kier molecular flexibility index (Phi) is 15.0. The van der Waals surface area contributed by atoms with Crippen molar-refractivity contribution in [3.63, 3.8) is 0 Å². The summed E-state index contributed by atoms with van der Waals surface area (Å²) in [4.78, 5) is 0. The second-order valence-electron chi connectivity index (χ2n) is 0.781. The molecule has 0 bridgehead atoms. The second-order valence-corrected chi connectivity index (χ2v) is 0.781. The van der Waals surface area contributed by atoms with Crippen molar-refractivity contribution in [2.75, 3.05) is 13.2 Å². The first-order chi connectivity index (χ1) is 2.41. The third-order valence-electron chi connectivity index (χ3n) is 0.408. The summed E-state index contributed by atoms with van der Waals surface area (Å²) in [7, 11) is 0. The van der Waals surface area contributed by atoms with Crippen molar-refractivity contribution >= 4 is 0 Å². The summed E-state index contributed by atoms with van der Waals surface area (Å²) in [6.45, 7) is 5.67. The quantitative estimate of drug-likeness (QED) is 0.719. The molecule has 0 saturated heterocycles. The Morgan fingerprint density at radius 2 is 1.50 bits per heavy atom. The summed E-state index contributed by atoms with van der Waals surface area (Å²) in [5.41, 5.74) is 0. The smallest absolute Gasteiger partial charge is 0.0437 e. The average molecular weight is 258 g/mol. The molecular formula is C4H10OW. The average Bonchev–Trinajstić information content (AvgIpc) is 1.41. The molecule has 0 amide bonds. The predicted molar refractivity (Wildman–Crippen MR) is 22.2 cm³/mol. The molecule has 0 aromatic rings. The van der Waals surface area contributed by atoms with Gasteiger partial charge in [-0.15, -0.1) is 0 Å². The maximum Gasteiger partial charge on any atom is 0.0437 e. The van der Waals surface area contributed by atoms with Crippen molar-refractivity contribution in [1.82, 2.24) is 0 Å². The molecule has 0 aliphatic carbocycles. The molecule has 0 heterocycles. The third kappa shape index (κ3) is 8.82. The minimum Gasteiger partial charge on any atom is -0.382 e. The summed E-state index contributed by atoms with van der Waals surface area (Å²) in [5, 5.41) is 0. The van der Waals surface area contributed by atoms with Gasteiger partial charge in [-0.05, 0) is 13.8 Å². The molecule has 38 valence electrons. The van der Waals surface area contributed by atoms with Crippen molar-refractivity contribution in [2.24, 2.45) is 0 Å². The van der Waals surface area contributed by atoms with Gasteiger partial charge in [-0.1, -0.05) is 0 Å². The van der Waals surface area contributed by atoms with Gasteiger partial charge in [0.05, 0.1) is 0 Å². The van der Waals surface area contributed by atoms with E-state index >= 15 is 0 Å². The Labute approximate surface area is 53.3 Å². The SMILES string of the molecule is CCOCC.[W].